The van der Waals surface area contributed by atoms with Crippen molar-refractivity contribution in [2.45, 2.75) is 58.7 Å². The molecule has 3 nitrogen and oxygen atoms in total. The monoisotopic (exact) mass is 286 g/mol. The van der Waals surface area contributed by atoms with Gasteiger partial charge in [0, 0.05) is 0 Å². The maximum absolute atomic E-state index is 9.12. The van der Waals surface area contributed by atoms with Crippen molar-refractivity contribution >= 4 is 8.32 Å². The van der Waals surface area contributed by atoms with Gasteiger partial charge in [-0.1, -0.05) is 32.4 Å². The molecule has 0 rings (SSSR count). The predicted octanol–water partition coefficient (Wildman–Crippen LogP) is 4.17. The lowest BCUT2D eigenvalue weighted by atomic mass is 10.1. The van der Waals surface area contributed by atoms with E-state index in [1.165, 1.54) is 5.57 Å². The second kappa shape index (κ2) is 7.87. The van der Waals surface area contributed by atoms with Crippen LogP contribution in [0.15, 0.2) is 23.5 Å². The number of rotatable bonds is 7. The second-order valence-corrected chi connectivity index (χ2v) is 11.3. The molecule has 0 amide bonds. The van der Waals surface area contributed by atoms with E-state index in [0.717, 1.165) is 12.8 Å². The molecule has 0 aliphatic carbocycles. The van der Waals surface area contributed by atoms with Crippen LogP contribution in [0.4, 0.5) is 0 Å². The fourth-order valence-electron chi connectivity index (χ4n) is 1.24. The summed E-state index contributed by atoms with van der Waals surface area (Å²) < 4.78 is 6.07. The molecular formula is C15H30O3Si. The SMILES string of the molecule is C/C(=C\CO[Si](C)(C)C(C)(C)C)CC/C=C(/O)CO. The summed E-state index contributed by atoms with van der Waals surface area (Å²) in [6.07, 6.45) is 5.40. The molecule has 0 aliphatic rings. The Hall–Kier alpha value is -0.583. The zero-order valence-corrected chi connectivity index (χ0v) is 14.3. The number of aliphatic hydroxyl groups excluding tert-OH is 2. The minimum Gasteiger partial charge on any atom is -0.510 e. The highest BCUT2D eigenvalue weighted by Gasteiger charge is 2.36. The van der Waals surface area contributed by atoms with Crippen LogP contribution in [0.25, 0.3) is 0 Å². The Labute approximate surface area is 119 Å². The topological polar surface area (TPSA) is 49.7 Å². The van der Waals surface area contributed by atoms with E-state index in [-0.39, 0.29) is 17.4 Å². The largest absolute Gasteiger partial charge is 0.510 e. The molecule has 19 heavy (non-hydrogen) atoms. The van der Waals surface area contributed by atoms with Crippen LogP contribution in [-0.4, -0.2) is 31.7 Å². The quantitative estimate of drug-likeness (QED) is 0.419. The third kappa shape index (κ3) is 7.55. The number of hydrogen-bond acceptors (Lipinski definition) is 3. The molecule has 0 aliphatic heterocycles. The fraction of sp³-hybridized carbons (Fsp3) is 0.733. The van der Waals surface area contributed by atoms with Crippen molar-refractivity contribution in [3.05, 3.63) is 23.5 Å². The van der Waals surface area contributed by atoms with Crippen LogP contribution >= 0.6 is 0 Å². The van der Waals surface area contributed by atoms with Crippen molar-refractivity contribution in [1.29, 1.82) is 0 Å². The van der Waals surface area contributed by atoms with Crippen LogP contribution in [0.1, 0.15) is 40.5 Å². The molecule has 0 fully saturated rings. The number of hydrogen-bond donors (Lipinski definition) is 2. The van der Waals surface area contributed by atoms with Gasteiger partial charge < -0.3 is 14.6 Å². The molecule has 2 N–H and O–H groups in total. The van der Waals surface area contributed by atoms with Crippen molar-refractivity contribution in [2.24, 2.45) is 0 Å². The van der Waals surface area contributed by atoms with Crippen molar-refractivity contribution in [2.75, 3.05) is 13.2 Å². The molecule has 0 unspecified atom stereocenters. The Morgan fingerprint density at radius 2 is 1.79 bits per heavy atom. The maximum atomic E-state index is 9.12. The summed E-state index contributed by atoms with van der Waals surface area (Å²) in [6.45, 7) is 13.7. The van der Waals surface area contributed by atoms with Crippen LogP contribution in [-0.2, 0) is 4.43 Å². The Kier molecular flexibility index (Phi) is 7.63. The summed E-state index contributed by atoms with van der Waals surface area (Å²) in [5, 5.41) is 18.0. The van der Waals surface area contributed by atoms with Gasteiger partial charge in [-0.15, -0.1) is 0 Å². The third-order valence-electron chi connectivity index (χ3n) is 3.76. The molecule has 0 aromatic carbocycles. The first-order valence-electron chi connectivity index (χ1n) is 6.88. The van der Waals surface area contributed by atoms with Gasteiger partial charge in [-0.2, -0.15) is 0 Å². The van der Waals surface area contributed by atoms with Crippen molar-refractivity contribution in [3.63, 3.8) is 0 Å². The smallest absolute Gasteiger partial charge is 0.192 e. The lowest BCUT2D eigenvalue weighted by Crippen LogP contribution is -2.40. The summed E-state index contributed by atoms with van der Waals surface area (Å²) in [4.78, 5) is 0. The predicted molar refractivity (Wildman–Crippen MR) is 83.9 cm³/mol. The first-order chi connectivity index (χ1) is 8.60. The molecule has 0 spiro atoms. The maximum Gasteiger partial charge on any atom is 0.192 e. The molecule has 0 saturated carbocycles. The van der Waals surface area contributed by atoms with Crippen LogP contribution in [0, 0.1) is 0 Å². The Morgan fingerprint density at radius 1 is 1.21 bits per heavy atom. The molecule has 0 saturated heterocycles. The van der Waals surface area contributed by atoms with Crippen LogP contribution in [0.3, 0.4) is 0 Å². The zero-order chi connectivity index (χ0) is 15.1. The van der Waals surface area contributed by atoms with E-state index in [9.17, 15) is 0 Å². The van der Waals surface area contributed by atoms with E-state index in [1.54, 1.807) is 6.08 Å². The number of allylic oxidation sites excluding steroid dienone is 2. The van der Waals surface area contributed by atoms with Gasteiger partial charge in [-0.05, 0) is 44.0 Å². The van der Waals surface area contributed by atoms with E-state index in [2.05, 4.69) is 46.9 Å². The molecule has 0 aromatic rings. The van der Waals surface area contributed by atoms with Gasteiger partial charge in [0.1, 0.15) is 5.76 Å². The lowest BCUT2D eigenvalue weighted by molar-refractivity contribution is 0.252. The molecule has 4 heteroatoms. The fourth-order valence-corrected chi connectivity index (χ4v) is 2.17. The van der Waals surface area contributed by atoms with Gasteiger partial charge in [-0.25, -0.2) is 0 Å². The molecule has 0 radical (unpaired) electrons. The summed E-state index contributed by atoms with van der Waals surface area (Å²) >= 11 is 0. The molecule has 0 heterocycles. The summed E-state index contributed by atoms with van der Waals surface area (Å²) in [7, 11) is -1.66. The van der Waals surface area contributed by atoms with Crippen molar-refractivity contribution < 1.29 is 14.6 Å². The molecule has 112 valence electrons. The van der Waals surface area contributed by atoms with Gasteiger partial charge in [0.25, 0.3) is 0 Å². The molecular weight excluding hydrogens is 256 g/mol. The Bertz CT molecular complexity index is 325. The van der Waals surface area contributed by atoms with Gasteiger partial charge in [0.05, 0.1) is 13.2 Å². The highest BCUT2D eigenvalue weighted by atomic mass is 28.4. The Balaban J connectivity index is 4.14. The standard InChI is InChI=1S/C15H30O3Si/c1-13(8-7-9-14(17)12-16)10-11-18-19(5,6)15(2,3)4/h9-10,16-17H,7-8,11-12H2,1-6H3/b13-10+,14-9+. The summed E-state index contributed by atoms with van der Waals surface area (Å²) in [5.41, 5.74) is 1.25. The number of aliphatic hydroxyl groups is 2. The third-order valence-corrected chi connectivity index (χ3v) is 8.26. The van der Waals surface area contributed by atoms with Crippen molar-refractivity contribution in [3.8, 4) is 0 Å². The first-order valence-corrected chi connectivity index (χ1v) is 9.79. The Morgan fingerprint density at radius 3 is 2.26 bits per heavy atom. The minimum atomic E-state index is -1.66. The molecule has 0 atom stereocenters. The second-order valence-electron chi connectivity index (χ2n) is 6.51. The van der Waals surface area contributed by atoms with E-state index in [1.807, 2.05) is 0 Å². The zero-order valence-electron chi connectivity index (χ0n) is 13.3. The van der Waals surface area contributed by atoms with E-state index >= 15 is 0 Å². The highest BCUT2D eigenvalue weighted by molar-refractivity contribution is 6.74. The van der Waals surface area contributed by atoms with E-state index in [0.29, 0.717) is 6.61 Å². The summed E-state index contributed by atoms with van der Waals surface area (Å²) in [5.74, 6) is 0.0466. The van der Waals surface area contributed by atoms with Gasteiger partial charge in [0.15, 0.2) is 8.32 Å². The molecule has 0 bridgehead atoms. The summed E-state index contributed by atoms with van der Waals surface area (Å²) in [6, 6.07) is 0. The highest BCUT2D eigenvalue weighted by Crippen LogP contribution is 2.36. The molecule has 0 aromatic heterocycles. The van der Waals surface area contributed by atoms with Gasteiger partial charge in [0.2, 0.25) is 0 Å². The van der Waals surface area contributed by atoms with E-state index in [4.69, 9.17) is 14.6 Å². The van der Waals surface area contributed by atoms with Gasteiger partial charge >= 0.3 is 0 Å². The van der Waals surface area contributed by atoms with Crippen molar-refractivity contribution in [1.82, 2.24) is 0 Å². The van der Waals surface area contributed by atoms with Crippen LogP contribution < -0.4 is 0 Å². The van der Waals surface area contributed by atoms with Gasteiger partial charge in [-0.3, -0.25) is 0 Å². The van der Waals surface area contributed by atoms with Crippen LogP contribution in [0.5, 0.6) is 0 Å². The normalized spacial score (nSPS) is 14.9. The minimum absolute atomic E-state index is 0.0466. The lowest BCUT2D eigenvalue weighted by Gasteiger charge is -2.35. The van der Waals surface area contributed by atoms with E-state index < -0.39 is 8.32 Å². The first kappa shape index (κ1) is 18.4. The average molecular weight is 286 g/mol. The van der Waals surface area contributed by atoms with Crippen LogP contribution in [0.2, 0.25) is 18.1 Å². The average Bonchev–Trinajstić information content (AvgIpc) is 2.26.